The number of hydrogen-bond acceptors (Lipinski definition) is 5. The van der Waals surface area contributed by atoms with E-state index in [1.165, 1.54) is 0 Å². The topological polar surface area (TPSA) is 68.2 Å². The first-order valence-corrected chi connectivity index (χ1v) is 7.62. The minimum Gasteiger partial charge on any atom is -0.497 e. The number of methoxy groups -OCH3 is 1. The van der Waals surface area contributed by atoms with Crippen LogP contribution in [0.1, 0.15) is 41.5 Å². The van der Waals surface area contributed by atoms with Crippen LogP contribution in [0.25, 0.3) is 0 Å². The van der Waals surface area contributed by atoms with E-state index in [9.17, 15) is 10.2 Å². The Morgan fingerprint density at radius 1 is 1.04 bits per heavy atom. The fourth-order valence-corrected chi connectivity index (χ4v) is 1.51. The summed E-state index contributed by atoms with van der Waals surface area (Å²) in [6, 6.07) is 5.31. The minimum atomic E-state index is -1.01. The van der Waals surface area contributed by atoms with Gasteiger partial charge in [0.2, 0.25) is 0 Å². The molecule has 0 saturated heterocycles. The first-order valence-electron chi connectivity index (χ1n) is 7.62. The molecule has 1 aromatic carbocycles. The average molecular weight is 323 g/mol. The van der Waals surface area contributed by atoms with E-state index in [2.05, 4.69) is 0 Å². The van der Waals surface area contributed by atoms with Gasteiger partial charge in [-0.1, -0.05) is 0 Å². The van der Waals surface area contributed by atoms with Crippen LogP contribution in [0.3, 0.4) is 0 Å². The third kappa shape index (κ3) is 6.05. The van der Waals surface area contributed by atoms with Crippen LogP contribution in [-0.2, 0) is 4.65 Å². The summed E-state index contributed by atoms with van der Waals surface area (Å²) in [4.78, 5) is 0. The van der Waals surface area contributed by atoms with E-state index < -0.39 is 16.8 Å². The largest absolute Gasteiger partial charge is 0.497 e. The Morgan fingerprint density at radius 2 is 1.65 bits per heavy atom. The zero-order valence-corrected chi connectivity index (χ0v) is 15.1. The van der Waals surface area contributed by atoms with E-state index >= 15 is 0 Å². The monoisotopic (exact) mass is 323 g/mol. The Kier molecular flexibility index (Phi) is 6.13. The molecule has 0 saturated carbocycles. The maximum atomic E-state index is 10.1. The van der Waals surface area contributed by atoms with E-state index in [0.717, 1.165) is 0 Å². The van der Waals surface area contributed by atoms with Gasteiger partial charge in [-0.05, 0) is 65.2 Å². The van der Waals surface area contributed by atoms with E-state index in [1.54, 1.807) is 60.5 Å². The summed E-state index contributed by atoms with van der Waals surface area (Å²) in [7, 11) is 3.12. The Morgan fingerprint density at radius 3 is 2.13 bits per heavy atom. The van der Waals surface area contributed by atoms with Crippen LogP contribution in [0.4, 0.5) is 0 Å². The van der Waals surface area contributed by atoms with Gasteiger partial charge in [-0.2, -0.15) is 0 Å². The molecule has 0 amide bonds. The predicted octanol–water partition coefficient (Wildman–Crippen LogP) is 1.66. The Labute approximate surface area is 139 Å². The molecular weight excluding hydrogens is 295 g/mol. The van der Waals surface area contributed by atoms with Crippen molar-refractivity contribution in [2.24, 2.45) is 0 Å². The van der Waals surface area contributed by atoms with Gasteiger partial charge in [0, 0.05) is 0 Å². The lowest BCUT2D eigenvalue weighted by Crippen LogP contribution is -2.49. The molecule has 0 aliphatic heterocycles. The predicted molar refractivity (Wildman–Crippen MR) is 91.6 cm³/mol. The quantitative estimate of drug-likeness (QED) is 0.712. The molecule has 23 heavy (non-hydrogen) atoms. The summed E-state index contributed by atoms with van der Waals surface area (Å²) >= 11 is 0. The van der Waals surface area contributed by atoms with E-state index in [-0.39, 0.29) is 6.61 Å². The first-order chi connectivity index (χ1) is 10.4. The second-order valence-corrected chi connectivity index (χ2v) is 7.31. The van der Waals surface area contributed by atoms with Crippen molar-refractivity contribution in [3.8, 4) is 11.5 Å². The lowest BCUT2D eigenvalue weighted by molar-refractivity contribution is -0.0893. The molecule has 0 heterocycles. The van der Waals surface area contributed by atoms with E-state index in [0.29, 0.717) is 17.0 Å². The Bertz CT molecular complexity index is 515. The van der Waals surface area contributed by atoms with Gasteiger partial charge in [0.1, 0.15) is 18.1 Å². The molecule has 6 heteroatoms. The smallest absolute Gasteiger partial charge is 0.334 e. The highest BCUT2D eigenvalue weighted by atomic mass is 16.5. The molecule has 0 bridgehead atoms. The van der Waals surface area contributed by atoms with Gasteiger partial charge in [-0.25, -0.2) is 0 Å². The van der Waals surface area contributed by atoms with Gasteiger partial charge >= 0.3 is 7.48 Å². The fraction of sp³-hybridized carbons (Fsp3) is 0.647. The maximum Gasteiger partial charge on any atom is 0.334 e. The van der Waals surface area contributed by atoms with Crippen LogP contribution in [0, 0.1) is 0 Å². The maximum absolute atomic E-state index is 10.1. The Balaban J connectivity index is 2.88. The molecule has 1 rings (SSSR count). The molecule has 0 aromatic heterocycles. The zero-order chi connectivity index (χ0) is 17.9. The number of aliphatic hydroxyl groups is 2. The lowest BCUT2D eigenvalue weighted by Gasteiger charge is -2.37. The van der Waals surface area contributed by atoms with Gasteiger partial charge < -0.3 is 24.3 Å². The molecular formula is C17H28BO5. The molecule has 1 radical (unpaired) electrons. The van der Waals surface area contributed by atoms with E-state index in [4.69, 9.17) is 14.1 Å². The van der Waals surface area contributed by atoms with Crippen molar-refractivity contribution in [1.82, 2.24) is 0 Å². The third-order valence-corrected chi connectivity index (χ3v) is 3.75. The molecule has 0 unspecified atom stereocenters. The molecule has 129 valence electrons. The third-order valence-electron chi connectivity index (χ3n) is 3.75. The lowest BCUT2D eigenvalue weighted by atomic mass is 9.82. The molecule has 2 N–H and O–H groups in total. The van der Waals surface area contributed by atoms with Crippen LogP contribution >= 0.6 is 0 Å². The van der Waals surface area contributed by atoms with Crippen LogP contribution in [0.5, 0.6) is 11.5 Å². The summed E-state index contributed by atoms with van der Waals surface area (Å²) in [5.41, 5.74) is -2.00. The standard InChI is InChI=1S/C17H28BO5/c1-15(2,19)11-22-12-8-9-14(21-7)13(10-12)18-23-17(5,6)16(3,4)20/h8-10,19-20H,11H2,1-7H3. The molecule has 1 aromatic rings. The van der Waals surface area contributed by atoms with Crippen molar-refractivity contribution in [2.45, 2.75) is 58.3 Å². The summed E-state index contributed by atoms with van der Waals surface area (Å²) in [6.07, 6.45) is 0. The molecule has 0 atom stereocenters. The van der Waals surface area contributed by atoms with Crippen LogP contribution < -0.4 is 14.9 Å². The fourth-order valence-electron chi connectivity index (χ4n) is 1.51. The van der Waals surface area contributed by atoms with Gasteiger partial charge in [0.15, 0.2) is 0 Å². The second kappa shape index (κ2) is 7.12. The van der Waals surface area contributed by atoms with E-state index in [1.807, 2.05) is 13.8 Å². The summed E-state index contributed by atoms with van der Waals surface area (Å²) in [5, 5.41) is 19.9. The van der Waals surface area contributed by atoms with Gasteiger partial charge in [-0.15, -0.1) is 0 Å². The van der Waals surface area contributed by atoms with Crippen LogP contribution in [0.2, 0.25) is 0 Å². The minimum absolute atomic E-state index is 0.175. The van der Waals surface area contributed by atoms with Crippen molar-refractivity contribution in [1.29, 1.82) is 0 Å². The summed E-state index contributed by atoms with van der Waals surface area (Å²) in [6.45, 7) is 10.5. The molecule has 0 spiro atoms. The second-order valence-electron chi connectivity index (χ2n) is 7.31. The van der Waals surface area contributed by atoms with Crippen molar-refractivity contribution < 1.29 is 24.3 Å². The SMILES string of the molecule is COc1ccc(OCC(C)(C)O)cc1[B]OC(C)(C)C(C)(C)O. The number of rotatable bonds is 8. The highest BCUT2D eigenvalue weighted by Crippen LogP contribution is 2.25. The Hall–Kier alpha value is -1.24. The number of benzene rings is 1. The number of ether oxygens (including phenoxy) is 2. The summed E-state index contributed by atoms with van der Waals surface area (Å²) < 4.78 is 16.7. The first kappa shape index (κ1) is 19.8. The average Bonchev–Trinajstić information content (AvgIpc) is 2.41. The van der Waals surface area contributed by atoms with Crippen LogP contribution in [-0.4, -0.2) is 48.2 Å². The van der Waals surface area contributed by atoms with Crippen molar-refractivity contribution >= 4 is 12.9 Å². The van der Waals surface area contributed by atoms with Crippen molar-refractivity contribution in [2.75, 3.05) is 13.7 Å². The molecule has 0 aliphatic carbocycles. The summed E-state index contributed by atoms with van der Waals surface area (Å²) in [5.74, 6) is 1.23. The normalized spacial score (nSPS) is 12.9. The van der Waals surface area contributed by atoms with Crippen molar-refractivity contribution in [3.05, 3.63) is 18.2 Å². The molecule has 0 aliphatic rings. The van der Waals surface area contributed by atoms with Gasteiger partial charge in [-0.3, -0.25) is 0 Å². The van der Waals surface area contributed by atoms with Gasteiger partial charge in [0.05, 0.1) is 23.9 Å². The number of hydrogen-bond donors (Lipinski definition) is 2. The zero-order valence-electron chi connectivity index (χ0n) is 15.1. The van der Waals surface area contributed by atoms with Crippen LogP contribution in [0.15, 0.2) is 18.2 Å². The molecule has 0 fully saturated rings. The highest BCUT2D eigenvalue weighted by Gasteiger charge is 2.36. The molecule has 5 nitrogen and oxygen atoms in total. The van der Waals surface area contributed by atoms with Crippen molar-refractivity contribution in [3.63, 3.8) is 0 Å². The highest BCUT2D eigenvalue weighted by molar-refractivity contribution is 6.48. The van der Waals surface area contributed by atoms with Gasteiger partial charge in [0.25, 0.3) is 0 Å².